The predicted octanol–water partition coefficient (Wildman–Crippen LogP) is 2.34. The Morgan fingerprint density at radius 3 is 2.71 bits per heavy atom. The number of rotatable bonds is 6. The van der Waals surface area contributed by atoms with Crippen molar-refractivity contribution in [1.29, 1.82) is 0 Å². The minimum Gasteiger partial charge on any atom is -0.504 e. The van der Waals surface area contributed by atoms with Gasteiger partial charge in [-0.3, -0.25) is 4.79 Å². The quantitative estimate of drug-likeness (QED) is 0.583. The second-order valence-electron chi connectivity index (χ2n) is 12.7. The number of nitrogens with one attached hydrogen (secondary N) is 1. The molecule has 2 bridgehead atoms. The van der Waals surface area contributed by atoms with Crippen LogP contribution in [0.4, 0.5) is 0 Å². The average Bonchev–Trinajstić information content (AvgIpc) is 3.36. The van der Waals surface area contributed by atoms with Gasteiger partial charge in [-0.1, -0.05) is 31.7 Å². The summed E-state index contributed by atoms with van der Waals surface area (Å²) in [5, 5.41) is 23.4. The molecule has 6 atom stereocenters. The maximum atomic E-state index is 13.4. The van der Waals surface area contributed by atoms with Gasteiger partial charge in [0.05, 0.1) is 24.5 Å². The Morgan fingerprint density at radius 1 is 1.14 bits per heavy atom. The van der Waals surface area contributed by atoms with Crippen molar-refractivity contribution >= 4 is 5.91 Å². The summed E-state index contributed by atoms with van der Waals surface area (Å²) >= 11 is 0. The van der Waals surface area contributed by atoms with Gasteiger partial charge in [0, 0.05) is 37.8 Å². The number of ether oxygens (including phenoxy) is 1. The molecule has 6 nitrogen and oxygen atoms in total. The van der Waals surface area contributed by atoms with Crippen LogP contribution in [-0.4, -0.2) is 64.9 Å². The van der Waals surface area contributed by atoms with Crippen LogP contribution in [0, 0.1) is 11.8 Å². The van der Waals surface area contributed by atoms with Crippen LogP contribution in [0.5, 0.6) is 11.5 Å². The fourth-order valence-electron chi connectivity index (χ4n) is 9.07. The number of benzene rings is 1. The molecule has 2 heterocycles. The highest BCUT2D eigenvalue weighted by Crippen LogP contribution is 2.64. The average molecular weight is 482 g/mol. The Bertz CT molecular complexity index is 1030. The molecule has 2 aliphatic heterocycles. The summed E-state index contributed by atoms with van der Waals surface area (Å²) in [6.07, 6.45) is 12.3. The number of likely N-dealkylation sites (tertiary alicyclic amines) is 1. The van der Waals surface area contributed by atoms with E-state index in [1.165, 1.54) is 44.1 Å². The molecule has 1 aromatic carbocycles. The molecule has 190 valence electrons. The molecule has 4 aliphatic carbocycles. The zero-order chi connectivity index (χ0) is 23.9. The van der Waals surface area contributed by atoms with Gasteiger partial charge >= 0.3 is 0 Å². The second kappa shape index (κ2) is 7.85. The zero-order valence-electron chi connectivity index (χ0n) is 21.1. The number of aromatic hydroxyl groups is 1. The lowest BCUT2D eigenvalue weighted by Gasteiger charge is -2.62. The van der Waals surface area contributed by atoms with Gasteiger partial charge in [0.1, 0.15) is 17.7 Å². The molecule has 1 saturated heterocycles. The Kier molecular flexibility index (Phi) is 5.03. The molecule has 1 spiro atoms. The summed E-state index contributed by atoms with van der Waals surface area (Å²) in [6.45, 7) is 2.20. The molecule has 7 rings (SSSR count). The van der Waals surface area contributed by atoms with Gasteiger partial charge < -0.3 is 24.7 Å². The van der Waals surface area contributed by atoms with Crippen LogP contribution < -0.4 is 9.64 Å². The molecule has 35 heavy (non-hydrogen) atoms. The number of quaternary nitrogens is 1. The van der Waals surface area contributed by atoms with E-state index >= 15 is 0 Å². The van der Waals surface area contributed by atoms with Crippen molar-refractivity contribution in [1.82, 2.24) is 4.90 Å². The normalized spacial score (nSPS) is 39.3. The van der Waals surface area contributed by atoms with Crippen LogP contribution in [-0.2, 0) is 16.6 Å². The van der Waals surface area contributed by atoms with Crippen molar-refractivity contribution in [3.8, 4) is 11.5 Å². The van der Waals surface area contributed by atoms with Crippen LogP contribution in [0.15, 0.2) is 12.1 Å². The van der Waals surface area contributed by atoms with Crippen molar-refractivity contribution in [3.63, 3.8) is 0 Å². The SMILES string of the molecule is CN(C(=O)CCC1CCCC1)[C@H]1CC[C@@]2(O)[C@H]3Cc4ccc(O)c5c4[C@@]2(CC[NH+]3CC2CC2)[C@H]1O5. The number of piperidine rings is 1. The third-order valence-electron chi connectivity index (χ3n) is 11.1. The van der Waals surface area contributed by atoms with E-state index < -0.39 is 11.0 Å². The lowest BCUT2D eigenvalue weighted by Crippen LogP contribution is -3.21. The molecule has 3 N–H and O–H groups in total. The zero-order valence-corrected chi connectivity index (χ0v) is 21.1. The minimum absolute atomic E-state index is 0.0743. The predicted molar refractivity (Wildman–Crippen MR) is 132 cm³/mol. The molecular weight excluding hydrogens is 440 g/mol. The third-order valence-corrected chi connectivity index (χ3v) is 11.1. The number of aliphatic hydroxyl groups is 1. The van der Waals surface area contributed by atoms with Gasteiger partial charge in [0.15, 0.2) is 11.5 Å². The number of hydrogen-bond acceptors (Lipinski definition) is 4. The third kappa shape index (κ3) is 3.11. The lowest BCUT2D eigenvalue weighted by molar-refractivity contribution is -0.944. The van der Waals surface area contributed by atoms with E-state index in [1.54, 1.807) is 11.0 Å². The number of hydrogen-bond donors (Lipinski definition) is 3. The summed E-state index contributed by atoms with van der Waals surface area (Å²) in [7, 11) is 1.95. The van der Waals surface area contributed by atoms with Gasteiger partial charge in [0.2, 0.25) is 5.91 Å². The number of amides is 1. The molecule has 1 aromatic rings. The highest BCUT2D eigenvalue weighted by molar-refractivity contribution is 5.76. The molecule has 1 amide bonds. The van der Waals surface area contributed by atoms with Crippen molar-refractivity contribution in [2.45, 2.75) is 106 Å². The monoisotopic (exact) mass is 481 g/mol. The Hall–Kier alpha value is -1.79. The molecule has 6 heteroatoms. The fraction of sp³-hybridized carbons (Fsp3) is 0.759. The minimum atomic E-state index is -0.851. The molecule has 4 fully saturated rings. The largest absolute Gasteiger partial charge is 0.504 e. The first-order valence-corrected chi connectivity index (χ1v) is 14.3. The molecule has 6 aliphatic rings. The van der Waals surface area contributed by atoms with E-state index in [9.17, 15) is 15.0 Å². The first-order valence-electron chi connectivity index (χ1n) is 14.3. The van der Waals surface area contributed by atoms with E-state index in [4.69, 9.17) is 4.74 Å². The van der Waals surface area contributed by atoms with Crippen LogP contribution in [0.2, 0.25) is 0 Å². The van der Waals surface area contributed by atoms with Crippen molar-refractivity contribution in [3.05, 3.63) is 23.3 Å². The summed E-state index contributed by atoms with van der Waals surface area (Å²) in [6, 6.07) is 3.92. The summed E-state index contributed by atoms with van der Waals surface area (Å²) in [5.41, 5.74) is 0.910. The van der Waals surface area contributed by atoms with Crippen molar-refractivity contribution < 1.29 is 24.6 Å². The molecule has 0 aromatic heterocycles. The topological polar surface area (TPSA) is 74.4 Å². The van der Waals surface area contributed by atoms with Gasteiger partial charge in [-0.05, 0) is 49.7 Å². The van der Waals surface area contributed by atoms with E-state index in [0.29, 0.717) is 24.5 Å². The van der Waals surface area contributed by atoms with E-state index in [0.717, 1.165) is 50.3 Å². The first-order chi connectivity index (χ1) is 16.9. The summed E-state index contributed by atoms with van der Waals surface area (Å²) in [4.78, 5) is 16.9. The molecule has 1 unspecified atom stereocenters. The van der Waals surface area contributed by atoms with Crippen LogP contribution in [0.3, 0.4) is 0 Å². The van der Waals surface area contributed by atoms with Gasteiger partial charge in [-0.2, -0.15) is 0 Å². The maximum Gasteiger partial charge on any atom is 0.222 e. The number of phenols is 1. The fourth-order valence-corrected chi connectivity index (χ4v) is 9.07. The van der Waals surface area contributed by atoms with Crippen LogP contribution in [0.25, 0.3) is 0 Å². The molecule has 3 saturated carbocycles. The smallest absolute Gasteiger partial charge is 0.222 e. The first kappa shape index (κ1) is 22.4. The second-order valence-corrected chi connectivity index (χ2v) is 12.7. The maximum absolute atomic E-state index is 13.4. The van der Waals surface area contributed by atoms with E-state index in [1.807, 2.05) is 11.9 Å². The highest BCUT2D eigenvalue weighted by Gasteiger charge is 2.75. The van der Waals surface area contributed by atoms with Gasteiger partial charge in [-0.25, -0.2) is 0 Å². The summed E-state index contributed by atoms with van der Waals surface area (Å²) < 4.78 is 6.65. The van der Waals surface area contributed by atoms with Crippen molar-refractivity contribution in [2.75, 3.05) is 20.1 Å². The highest BCUT2D eigenvalue weighted by atomic mass is 16.5. The Balaban J connectivity index is 1.23. The van der Waals surface area contributed by atoms with E-state index in [2.05, 4.69) is 6.07 Å². The summed E-state index contributed by atoms with van der Waals surface area (Å²) in [5.74, 6) is 2.47. The number of phenolic OH excluding ortho intramolecular Hbond substituents is 1. The van der Waals surface area contributed by atoms with Gasteiger partial charge in [0.25, 0.3) is 0 Å². The standard InChI is InChI=1S/C29H40N2O4/c1-30(24(33)11-8-18-4-2-3-5-18)21-12-13-29(34)23-16-20-9-10-22(32)26-25(20)28(29,27(21)35-26)14-15-31(23)17-19-6-7-19/h9-10,18-19,21,23,27,32,34H,2-8,11-17H2,1H3/p+1/t21-,23+,27-,28-,29+/m0/s1. The number of carbonyl (C=O) groups excluding carboxylic acids is 1. The van der Waals surface area contributed by atoms with Crippen molar-refractivity contribution in [2.24, 2.45) is 11.8 Å². The van der Waals surface area contributed by atoms with E-state index in [-0.39, 0.29) is 29.8 Å². The van der Waals surface area contributed by atoms with Crippen LogP contribution >= 0.6 is 0 Å². The molecular formula is C29H41N2O4+. The van der Waals surface area contributed by atoms with Gasteiger partial charge in [-0.15, -0.1) is 0 Å². The molecule has 0 radical (unpaired) electrons. The number of likely N-dealkylation sites (N-methyl/N-ethyl adjacent to an activating group) is 1. The number of carbonyl (C=O) groups is 1. The van der Waals surface area contributed by atoms with Crippen LogP contribution in [0.1, 0.15) is 81.8 Å². The number of nitrogens with zero attached hydrogens (tertiary/aromatic N) is 1. The lowest BCUT2D eigenvalue weighted by atomic mass is 9.48. The Labute approximate surface area is 208 Å². The Morgan fingerprint density at radius 2 is 1.94 bits per heavy atom.